The minimum absolute atomic E-state index is 0.297. The molecule has 176 valence electrons. The minimum Gasteiger partial charge on any atom is -0.480 e. The van der Waals surface area contributed by atoms with E-state index in [0.717, 1.165) is 47.3 Å². The summed E-state index contributed by atoms with van der Waals surface area (Å²) in [5.41, 5.74) is 2.30. The molecule has 0 saturated carbocycles. The van der Waals surface area contributed by atoms with Gasteiger partial charge in [0.15, 0.2) is 16.1 Å². The van der Waals surface area contributed by atoms with E-state index in [-0.39, 0.29) is 0 Å². The number of para-hydroxylation sites is 1. The molecule has 7 nitrogen and oxygen atoms in total. The van der Waals surface area contributed by atoms with Crippen LogP contribution in [0.4, 0.5) is 10.8 Å². The first kappa shape index (κ1) is 23.9. The largest absolute Gasteiger partial charge is 0.480 e. The number of aromatic nitrogens is 2. The number of benzene rings is 1. The number of hydrogen-bond acceptors (Lipinski definition) is 7. The summed E-state index contributed by atoms with van der Waals surface area (Å²) >= 11 is 7.78. The summed E-state index contributed by atoms with van der Waals surface area (Å²) in [6.07, 6.45) is 3.84. The van der Waals surface area contributed by atoms with Crippen molar-refractivity contribution in [1.82, 2.24) is 9.97 Å². The standard InChI is InChI=1S/C23H27ClN4O3S2/c1-14(16-8-10-31-11-9-16)26-23-27-15(2)21(32-23)17-12-20(22(30-3)25-13-17)33(29)28-19-7-5-4-6-18(19)24/h4-7,12-14,16,28H,8-11H2,1-3H3,(H,26,27). The normalized spacial score (nSPS) is 16.2. The second kappa shape index (κ2) is 10.8. The van der Waals surface area contributed by atoms with Crippen molar-refractivity contribution in [1.29, 1.82) is 0 Å². The average Bonchev–Trinajstić information content (AvgIpc) is 3.20. The Labute approximate surface area is 205 Å². The van der Waals surface area contributed by atoms with Gasteiger partial charge >= 0.3 is 0 Å². The first-order valence-corrected chi connectivity index (χ1v) is 13.1. The fraction of sp³-hybridized carbons (Fsp3) is 0.391. The Morgan fingerprint density at radius 3 is 2.79 bits per heavy atom. The van der Waals surface area contributed by atoms with Crippen LogP contribution in [-0.4, -0.2) is 40.5 Å². The molecular weight excluding hydrogens is 480 g/mol. The van der Waals surface area contributed by atoms with E-state index < -0.39 is 11.0 Å². The number of nitrogens with one attached hydrogen (secondary N) is 2. The van der Waals surface area contributed by atoms with E-state index in [9.17, 15) is 4.21 Å². The van der Waals surface area contributed by atoms with Gasteiger partial charge in [0.25, 0.3) is 0 Å². The van der Waals surface area contributed by atoms with Gasteiger partial charge in [0.1, 0.15) is 4.90 Å². The Morgan fingerprint density at radius 1 is 1.30 bits per heavy atom. The molecule has 10 heteroatoms. The van der Waals surface area contributed by atoms with E-state index in [1.165, 1.54) is 7.11 Å². The topological polar surface area (TPSA) is 85.4 Å². The fourth-order valence-corrected chi connectivity index (χ4v) is 6.09. The van der Waals surface area contributed by atoms with Crippen LogP contribution in [0.3, 0.4) is 0 Å². The molecule has 0 aliphatic carbocycles. The zero-order valence-electron chi connectivity index (χ0n) is 18.8. The van der Waals surface area contributed by atoms with Crippen molar-refractivity contribution in [2.24, 2.45) is 5.92 Å². The smallest absolute Gasteiger partial charge is 0.231 e. The Balaban J connectivity index is 1.57. The average molecular weight is 507 g/mol. The zero-order valence-corrected chi connectivity index (χ0v) is 21.1. The van der Waals surface area contributed by atoms with Crippen LogP contribution in [0.1, 0.15) is 25.5 Å². The summed E-state index contributed by atoms with van der Waals surface area (Å²) in [6.45, 7) is 5.80. The molecule has 4 rings (SSSR count). The molecule has 3 aromatic rings. The fourth-order valence-electron chi connectivity index (χ4n) is 3.80. The van der Waals surface area contributed by atoms with Crippen LogP contribution < -0.4 is 14.8 Å². The quantitative estimate of drug-likeness (QED) is 0.417. The monoisotopic (exact) mass is 506 g/mol. The number of thiazole rings is 1. The molecule has 1 saturated heterocycles. The predicted octanol–water partition coefficient (Wildman–Crippen LogP) is 5.54. The van der Waals surface area contributed by atoms with Crippen molar-refractivity contribution in [3.05, 3.63) is 47.2 Å². The molecule has 3 heterocycles. The third kappa shape index (κ3) is 5.66. The molecular formula is C23H27ClN4O3S2. The van der Waals surface area contributed by atoms with Crippen molar-refractivity contribution in [3.63, 3.8) is 0 Å². The number of methoxy groups -OCH3 is 1. The lowest BCUT2D eigenvalue weighted by atomic mass is 9.93. The predicted molar refractivity (Wildman–Crippen MR) is 135 cm³/mol. The summed E-state index contributed by atoms with van der Waals surface area (Å²) in [4.78, 5) is 10.5. The van der Waals surface area contributed by atoms with Crippen LogP contribution in [0.2, 0.25) is 5.02 Å². The molecule has 1 fully saturated rings. The second-order valence-electron chi connectivity index (χ2n) is 7.90. The van der Waals surface area contributed by atoms with Gasteiger partial charge in [0.2, 0.25) is 5.88 Å². The molecule has 0 spiro atoms. The summed E-state index contributed by atoms with van der Waals surface area (Å²) in [5, 5.41) is 4.92. The number of halogens is 1. The molecule has 2 unspecified atom stereocenters. The number of aryl methyl sites for hydroxylation is 1. The van der Waals surface area contributed by atoms with Gasteiger partial charge in [-0.15, -0.1) is 0 Å². The molecule has 1 aromatic carbocycles. The van der Waals surface area contributed by atoms with Crippen LogP contribution in [0.15, 0.2) is 41.4 Å². The third-order valence-corrected chi connectivity index (χ3v) is 8.24. The van der Waals surface area contributed by atoms with Gasteiger partial charge in [0, 0.05) is 31.0 Å². The third-order valence-electron chi connectivity index (χ3n) is 5.67. The number of anilines is 2. The number of ether oxygens (including phenoxy) is 2. The van der Waals surface area contributed by atoms with Crippen molar-refractivity contribution in [3.8, 4) is 16.3 Å². The number of pyridine rings is 1. The van der Waals surface area contributed by atoms with E-state index in [4.69, 9.17) is 26.1 Å². The van der Waals surface area contributed by atoms with Crippen LogP contribution in [-0.2, 0) is 15.7 Å². The highest BCUT2D eigenvalue weighted by Gasteiger charge is 2.22. The molecule has 1 aliphatic rings. The van der Waals surface area contributed by atoms with Gasteiger partial charge in [-0.25, -0.2) is 14.2 Å². The summed E-state index contributed by atoms with van der Waals surface area (Å²) in [7, 11) is -0.108. The second-order valence-corrected chi connectivity index (χ2v) is 10.5. The summed E-state index contributed by atoms with van der Waals surface area (Å²) in [5.74, 6) is 0.865. The first-order chi connectivity index (χ1) is 16.0. The zero-order chi connectivity index (χ0) is 23.4. The number of nitrogens with zero attached hydrogens (tertiary/aromatic N) is 2. The lowest BCUT2D eigenvalue weighted by Crippen LogP contribution is -2.30. The molecule has 0 radical (unpaired) electrons. The van der Waals surface area contributed by atoms with Crippen LogP contribution in [0.25, 0.3) is 10.4 Å². The summed E-state index contributed by atoms with van der Waals surface area (Å²) in [6, 6.07) is 9.30. The maximum Gasteiger partial charge on any atom is 0.231 e. The summed E-state index contributed by atoms with van der Waals surface area (Å²) < 4.78 is 26.9. The lowest BCUT2D eigenvalue weighted by molar-refractivity contribution is 0.0622. The Morgan fingerprint density at radius 2 is 2.06 bits per heavy atom. The highest BCUT2D eigenvalue weighted by atomic mass is 35.5. The van der Waals surface area contributed by atoms with Gasteiger partial charge in [0.05, 0.1) is 28.4 Å². The lowest BCUT2D eigenvalue weighted by Gasteiger charge is -2.28. The molecule has 2 aromatic heterocycles. The molecule has 1 aliphatic heterocycles. The molecule has 2 atom stereocenters. The van der Waals surface area contributed by atoms with E-state index in [2.05, 4.69) is 21.9 Å². The van der Waals surface area contributed by atoms with Crippen molar-refractivity contribution >= 4 is 44.7 Å². The van der Waals surface area contributed by atoms with Crippen LogP contribution >= 0.6 is 22.9 Å². The highest BCUT2D eigenvalue weighted by molar-refractivity contribution is 7.86. The first-order valence-electron chi connectivity index (χ1n) is 10.8. The maximum atomic E-state index is 13.1. The van der Waals surface area contributed by atoms with E-state index >= 15 is 0 Å². The minimum atomic E-state index is -1.62. The Kier molecular flexibility index (Phi) is 7.85. The van der Waals surface area contributed by atoms with Gasteiger partial charge in [-0.05, 0) is 50.8 Å². The van der Waals surface area contributed by atoms with Gasteiger partial charge < -0.3 is 14.8 Å². The van der Waals surface area contributed by atoms with Gasteiger partial charge in [-0.3, -0.25) is 4.72 Å². The molecule has 0 amide bonds. The Bertz CT molecular complexity index is 1130. The van der Waals surface area contributed by atoms with E-state index in [0.29, 0.717) is 33.4 Å². The van der Waals surface area contributed by atoms with E-state index in [1.807, 2.05) is 25.1 Å². The van der Waals surface area contributed by atoms with Crippen LogP contribution in [0, 0.1) is 12.8 Å². The van der Waals surface area contributed by atoms with Crippen molar-refractivity contribution < 1.29 is 13.7 Å². The van der Waals surface area contributed by atoms with Crippen LogP contribution in [0.5, 0.6) is 5.88 Å². The van der Waals surface area contributed by atoms with Gasteiger partial charge in [-0.2, -0.15) is 0 Å². The van der Waals surface area contributed by atoms with Gasteiger partial charge in [-0.1, -0.05) is 35.1 Å². The molecule has 0 bridgehead atoms. The highest BCUT2D eigenvalue weighted by Crippen LogP contribution is 2.36. The van der Waals surface area contributed by atoms with Crippen molar-refractivity contribution in [2.45, 2.75) is 37.6 Å². The number of rotatable bonds is 8. The van der Waals surface area contributed by atoms with E-state index in [1.54, 1.807) is 29.7 Å². The molecule has 33 heavy (non-hydrogen) atoms. The SMILES string of the molecule is COc1ncc(-c2sc(NC(C)C3CCOCC3)nc2C)cc1S(=O)Nc1ccccc1Cl. The number of hydrogen-bond donors (Lipinski definition) is 2. The van der Waals surface area contributed by atoms with Crippen molar-refractivity contribution in [2.75, 3.05) is 30.4 Å². The Hall–Kier alpha value is -2.20. The maximum absolute atomic E-state index is 13.1. The molecule has 2 N–H and O–H groups in total.